The smallest absolute Gasteiger partial charge is 0.0714 e. The molecule has 247 valence electrons. The van der Waals surface area contributed by atoms with Crippen LogP contribution in [0.3, 0.4) is 0 Å². The maximum absolute atomic E-state index is 4.72. The van der Waals surface area contributed by atoms with E-state index < -0.39 is 0 Å². The molecule has 0 saturated heterocycles. The van der Waals surface area contributed by atoms with Crippen molar-refractivity contribution >= 4 is 21.7 Å². The Labute approximate surface area is 308 Å². The summed E-state index contributed by atoms with van der Waals surface area (Å²) in [6.45, 7) is 10.8. The number of fused-ring (bicyclic) bond motifs is 3. The normalized spacial score (nSPS) is 10.7. The number of pyridine rings is 3. The molecule has 0 amide bonds. The first-order valence-electron chi connectivity index (χ1n) is 16.6. The summed E-state index contributed by atoms with van der Waals surface area (Å²) >= 11 is 0. The van der Waals surface area contributed by atoms with E-state index in [1.807, 2.05) is 67.0 Å². The van der Waals surface area contributed by atoms with Crippen LogP contribution in [0.5, 0.6) is 0 Å². The maximum Gasteiger partial charge on any atom is 0.0714 e. The molecule has 4 heteroatoms. The zero-order valence-electron chi connectivity index (χ0n) is 28.9. The van der Waals surface area contributed by atoms with Crippen LogP contribution in [0.2, 0.25) is 0 Å². The molecule has 0 unspecified atom stereocenters. The van der Waals surface area contributed by atoms with Crippen LogP contribution in [0.15, 0.2) is 134 Å². The second kappa shape index (κ2) is 15.1. The fourth-order valence-corrected chi connectivity index (χ4v) is 6.51. The molecule has 3 nitrogen and oxygen atoms in total. The third-order valence-electron chi connectivity index (χ3n) is 9.23. The average Bonchev–Trinajstić information content (AvgIpc) is 3.14. The van der Waals surface area contributed by atoms with Gasteiger partial charge in [-0.15, -0.1) is 71.3 Å². The maximum atomic E-state index is 4.72. The molecule has 50 heavy (non-hydrogen) atoms. The Morgan fingerprint density at radius 1 is 0.500 bits per heavy atom. The van der Waals surface area contributed by atoms with E-state index in [2.05, 4.69) is 117 Å². The summed E-state index contributed by atoms with van der Waals surface area (Å²) < 4.78 is 0. The summed E-state index contributed by atoms with van der Waals surface area (Å²) in [7, 11) is 0. The third-order valence-corrected chi connectivity index (χ3v) is 9.23. The largest absolute Gasteiger partial charge is 0.305 e. The van der Waals surface area contributed by atoms with Gasteiger partial charge < -0.3 is 9.97 Å². The number of nitrogens with zero attached hydrogens (tertiary/aromatic N) is 3. The van der Waals surface area contributed by atoms with Gasteiger partial charge in [-0.3, -0.25) is 4.98 Å². The minimum Gasteiger partial charge on any atom is -0.305 e. The molecule has 0 saturated carbocycles. The molecule has 3 heterocycles. The minimum atomic E-state index is 0. The molecule has 8 aromatic rings. The van der Waals surface area contributed by atoms with Crippen molar-refractivity contribution in [1.29, 1.82) is 0 Å². The van der Waals surface area contributed by atoms with E-state index in [1.165, 1.54) is 66.2 Å². The summed E-state index contributed by atoms with van der Waals surface area (Å²) in [5.41, 5.74) is 16.1. The zero-order chi connectivity index (χ0) is 33.9. The summed E-state index contributed by atoms with van der Waals surface area (Å²) in [5.74, 6) is 0. The molecule has 0 fully saturated rings. The van der Waals surface area contributed by atoms with Crippen molar-refractivity contribution < 1.29 is 20.1 Å². The molecule has 0 aliphatic carbocycles. The van der Waals surface area contributed by atoms with Gasteiger partial charge in [0.05, 0.1) is 5.52 Å². The number of hydrogen-bond donors (Lipinski definition) is 0. The van der Waals surface area contributed by atoms with Crippen LogP contribution in [-0.4, -0.2) is 15.0 Å². The molecule has 0 bridgehead atoms. The van der Waals surface area contributed by atoms with E-state index in [9.17, 15) is 0 Å². The number of benzene rings is 5. The predicted molar refractivity (Wildman–Crippen MR) is 204 cm³/mol. The summed E-state index contributed by atoms with van der Waals surface area (Å²) in [6, 6.07) is 46.4. The first-order valence-corrected chi connectivity index (χ1v) is 16.6. The standard InChI is InChI=1S/C35H29N2.C11H8N.Ir/c1-21-11-13-29-30-10-7-15-36-34(30)19-32(31(29)16-21)28-14-12-22(2)35(25(28)5)27-9-6-8-26(18-27)33-17-23(3)24(4)20-37-33;1-2-6-10(7-3-1)11-8-4-5-9-12-11;/h6-7,9-20H,1-5H3;1-6,8-9H;/q2*-1;. The second-order valence-electron chi connectivity index (χ2n) is 12.6. The first-order chi connectivity index (χ1) is 23.9. The SMILES string of the molecule is Cc1ccc2c(c1)c(-c1ccc(C)c(-c3cc[c-]c(-c4cc(C)c(C)cn4)c3)c1C)cc1ncccc12.[Ir].[c-]1ccccc1-c1ccccn1. The van der Waals surface area contributed by atoms with Gasteiger partial charge in [0.1, 0.15) is 0 Å². The van der Waals surface area contributed by atoms with Crippen molar-refractivity contribution in [1.82, 2.24) is 15.0 Å². The predicted octanol–water partition coefficient (Wildman–Crippen LogP) is 11.7. The molecular formula is C46H37IrN3-2. The van der Waals surface area contributed by atoms with Crippen LogP contribution in [0.4, 0.5) is 0 Å². The Morgan fingerprint density at radius 3 is 2.10 bits per heavy atom. The molecule has 0 aliphatic rings. The van der Waals surface area contributed by atoms with Gasteiger partial charge in [-0.2, -0.15) is 0 Å². The molecule has 5 aromatic carbocycles. The average molecular weight is 824 g/mol. The second-order valence-corrected chi connectivity index (χ2v) is 12.6. The molecule has 0 N–H and O–H groups in total. The Bertz CT molecular complexity index is 2400. The van der Waals surface area contributed by atoms with Crippen molar-refractivity contribution in [3.05, 3.63) is 174 Å². The molecule has 8 rings (SSSR count). The van der Waals surface area contributed by atoms with Gasteiger partial charge in [-0.1, -0.05) is 65.7 Å². The number of aryl methyl sites for hydroxylation is 4. The summed E-state index contributed by atoms with van der Waals surface area (Å²) in [5, 5.41) is 3.69. The Morgan fingerprint density at radius 2 is 1.32 bits per heavy atom. The molecule has 1 radical (unpaired) electrons. The van der Waals surface area contributed by atoms with Crippen LogP contribution in [0.25, 0.3) is 66.4 Å². The summed E-state index contributed by atoms with van der Waals surface area (Å²) in [6.07, 6.45) is 5.61. The van der Waals surface area contributed by atoms with E-state index in [4.69, 9.17) is 4.98 Å². The van der Waals surface area contributed by atoms with Gasteiger partial charge in [0, 0.05) is 44.1 Å². The van der Waals surface area contributed by atoms with Crippen LogP contribution in [0.1, 0.15) is 27.8 Å². The topological polar surface area (TPSA) is 38.7 Å². The molecule has 3 aromatic heterocycles. The molecule has 0 aliphatic heterocycles. The fourth-order valence-electron chi connectivity index (χ4n) is 6.51. The minimum absolute atomic E-state index is 0. The number of aromatic nitrogens is 3. The zero-order valence-corrected chi connectivity index (χ0v) is 31.3. The van der Waals surface area contributed by atoms with Crippen LogP contribution >= 0.6 is 0 Å². The Kier molecular flexibility index (Phi) is 10.4. The fraction of sp³-hybridized carbons (Fsp3) is 0.109. The van der Waals surface area contributed by atoms with E-state index in [-0.39, 0.29) is 20.1 Å². The van der Waals surface area contributed by atoms with Gasteiger partial charge in [0.2, 0.25) is 0 Å². The van der Waals surface area contributed by atoms with Crippen molar-refractivity contribution in [2.24, 2.45) is 0 Å². The van der Waals surface area contributed by atoms with Gasteiger partial charge in [0.25, 0.3) is 0 Å². The van der Waals surface area contributed by atoms with Crippen LogP contribution in [0, 0.1) is 46.8 Å². The monoisotopic (exact) mass is 824 g/mol. The van der Waals surface area contributed by atoms with Crippen molar-refractivity contribution in [3.63, 3.8) is 0 Å². The van der Waals surface area contributed by atoms with Crippen LogP contribution < -0.4 is 0 Å². The molecule has 0 atom stereocenters. The van der Waals surface area contributed by atoms with Crippen molar-refractivity contribution in [2.45, 2.75) is 34.6 Å². The molecular weight excluding hydrogens is 787 g/mol. The van der Waals surface area contributed by atoms with Gasteiger partial charge in [-0.25, -0.2) is 0 Å². The Balaban J connectivity index is 0.000000281. The number of rotatable bonds is 4. The number of hydrogen-bond acceptors (Lipinski definition) is 3. The van der Waals surface area contributed by atoms with E-state index >= 15 is 0 Å². The van der Waals surface area contributed by atoms with Crippen molar-refractivity contribution in [3.8, 4) is 44.8 Å². The van der Waals surface area contributed by atoms with Crippen LogP contribution in [-0.2, 0) is 20.1 Å². The Hall–Kier alpha value is -5.28. The van der Waals surface area contributed by atoms with E-state index in [0.29, 0.717) is 0 Å². The first kappa shape index (κ1) is 34.6. The summed E-state index contributed by atoms with van der Waals surface area (Å²) in [4.78, 5) is 13.6. The van der Waals surface area contributed by atoms with Gasteiger partial charge in [-0.05, 0) is 108 Å². The van der Waals surface area contributed by atoms with Gasteiger partial charge >= 0.3 is 0 Å². The third kappa shape index (κ3) is 7.05. The van der Waals surface area contributed by atoms with E-state index in [0.717, 1.165) is 28.0 Å². The van der Waals surface area contributed by atoms with Crippen molar-refractivity contribution in [2.75, 3.05) is 0 Å². The van der Waals surface area contributed by atoms with E-state index in [1.54, 1.807) is 6.20 Å². The molecule has 0 spiro atoms. The van der Waals surface area contributed by atoms with Gasteiger partial charge in [0.15, 0.2) is 0 Å². The quantitative estimate of drug-likeness (QED) is 0.131.